The molecular weight excluding hydrogens is 270 g/mol. The largest absolute Gasteiger partial charge is 0.487 e. The third-order valence-corrected chi connectivity index (χ3v) is 3.40. The van der Waals surface area contributed by atoms with Crippen molar-refractivity contribution in [2.45, 2.75) is 19.8 Å². The zero-order chi connectivity index (χ0) is 15.1. The summed E-state index contributed by atoms with van der Waals surface area (Å²) in [5, 5.41) is 17.7. The van der Waals surface area contributed by atoms with Gasteiger partial charge in [0, 0.05) is 13.1 Å². The number of para-hydroxylation sites is 1. The van der Waals surface area contributed by atoms with Gasteiger partial charge in [0.2, 0.25) is 0 Å². The highest BCUT2D eigenvalue weighted by Crippen LogP contribution is 2.34. The number of hydrogen-bond donors (Lipinski definition) is 2. The van der Waals surface area contributed by atoms with E-state index in [0.29, 0.717) is 24.6 Å². The van der Waals surface area contributed by atoms with Gasteiger partial charge in [-0.15, -0.1) is 0 Å². The van der Waals surface area contributed by atoms with Crippen LogP contribution in [0.4, 0.5) is 11.4 Å². The van der Waals surface area contributed by atoms with Gasteiger partial charge in [-0.1, -0.05) is 17.7 Å². The van der Waals surface area contributed by atoms with Gasteiger partial charge in [-0.05, 0) is 38.4 Å². The molecule has 0 saturated heterocycles. The Morgan fingerprint density at radius 3 is 3.00 bits per heavy atom. The van der Waals surface area contributed by atoms with Gasteiger partial charge in [0.1, 0.15) is 5.69 Å². The summed E-state index contributed by atoms with van der Waals surface area (Å²) in [5.74, 6) is 0.314. The molecule has 0 saturated carbocycles. The van der Waals surface area contributed by atoms with E-state index >= 15 is 0 Å². The Morgan fingerprint density at radius 2 is 2.33 bits per heavy atom. The number of benzene rings is 1. The van der Waals surface area contributed by atoms with E-state index in [1.165, 1.54) is 5.57 Å². The Kier molecular flexibility index (Phi) is 5.57. The standard InChI is InChI=1S/C15H21N3O3/c1-2-21-14-5-3-4-13(15(14)18(19)20)17-11-8-12-6-9-16-10-7-12/h3-6,16-17H,2,7-11H2,1H3. The number of nitrogens with zero attached hydrogens (tertiary/aromatic N) is 1. The summed E-state index contributed by atoms with van der Waals surface area (Å²) in [6.07, 6.45) is 4.14. The van der Waals surface area contributed by atoms with Gasteiger partial charge in [0.05, 0.1) is 11.5 Å². The minimum absolute atomic E-state index is 0.0126. The molecule has 0 spiro atoms. The van der Waals surface area contributed by atoms with E-state index in [-0.39, 0.29) is 5.69 Å². The normalized spacial score (nSPS) is 14.4. The van der Waals surface area contributed by atoms with Crippen LogP contribution in [-0.2, 0) is 0 Å². The molecule has 1 aliphatic heterocycles. The molecule has 0 atom stereocenters. The van der Waals surface area contributed by atoms with Crippen LogP contribution < -0.4 is 15.4 Å². The Hall–Kier alpha value is -2.08. The van der Waals surface area contributed by atoms with Crippen molar-refractivity contribution in [1.29, 1.82) is 0 Å². The van der Waals surface area contributed by atoms with Gasteiger partial charge >= 0.3 is 5.69 Å². The maximum Gasteiger partial charge on any atom is 0.333 e. The number of hydrogen-bond acceptors (Lipinski definition) is 5. The van der Waals surface area contributed by atoms with Crippen LogP contribution in [0.5, 0.6) is 5.75 Å². The topological polar surface area (TPSA) is 76.4 Å². The summed E-state index contributed by atoms with van der Waals surface area (Å²) >= 11 is 0. The minimum atomic E-state index is -0.392. The molecule has 114 valence electrons. The third kappa shape index (κ3) is 4.19. The van der Waals surface area contributed by atoms with Gasteiger partial charge in [0.25, 0.3) is 0 Å². The summed E-state index contributed by atoms with van der Waals surface area (Å²) in [6.45, 7) is 4.82. The number of rotatable bonds is 7. The molecule has 1 aromatic carbocycles. The van der Waals surface area contributed by atoms with Crippen molar-refractivity contribution in [2.24, 2.45) is 0 Å². The average molecular weight is 291 g/mol. The second kappa shape index (κ2) is 7.64. The minimum Gasteiger partial charge on any atom is -0.487 e. The van der Waals surface area contributed by atoms with Crippen molar-refractivity contribution < 1.29 is 9.66 Å². The lowest BCUT2D eigenvalue weighted by Gasteiger charge is -2.15. The Labute approximate surface area is 124 Å². The van der Waals surface area contributed by atoms with Crippen LogP contribution in [0.3, 0.4) is 0 Å². The lowest BCUT2D eigenvalue weighted by atomic mass is 10.1. The lowest BCUT2D eigenvalue weighted by molar-refractivity contribution is -0.384. The smallest absolute Gasteiger partial charge is 0.333 e. The number of nitro groups is 1. The number of nitro benzene ring substituents is 1. The Morgan fingerprint density at radius 1 is 1.48 bits per heavy atom. The molecule has 1 heterocycles. The molecule has 1 aromatic rings. The van der Waals surface area contributed by atoms with Gasteiger partial charge in [-0.25, -0.2) is 0 Å². The second-order valence-corrected chi connectivity index (χ2v) is 4.84. The molecule has 6 heteroatoms. The molecule has 0 amide bonds. The van der Waals surface area contributed by atoms with Crippen molar-refractivity contribution >= 4 is 11.4 Å². The van der Waals surface area contributed by atoms with Gasteiger partial charge < -0.3 is 15.4 Å². The first-order valence-corrected chi connectivity index (χ1v) is 7.25. The third-order valence-electron chi connectivity index (χ3n) is 3.40. The monoisotopic (exact) mass is 291 g/mol. The van der Waals surface area contributed by atoms with E-state index in [0.717, 1.165) is 25.9 Å². The first-order valence-electron chi connectivity index (χ1n) is 7.25. The maximum absolute atomic E-state index is 11.2. The molecule has 0 fully saturated rings. The lowest BCUT2D eigenvalue weighted by Crippen LogP contribution is -2.21. The summed E-state index contributed by atoms with van der Waals surface area (Å²) in [4.78, 5) is 10.9. The van der Waals surface area contributed by atoms with E-state index in [9.17, 15) is 10.1 Å². The number of ether oxygens (including phenoxy) is 1. The molecule has 0 aliphatic carbocycles. The maximum atomic E-state index is 11.2. The van der Waals surface area contributed by atoms with Gasteiger partial charge in [-0.3, -0.25) is 10.1 Å². The van der Waals surface area contributed by atoms with Gasteiger partial charge in [0.15, 0.2) is 5.75 Å². The van der Waals surface area contributed by atoms with Crippen molar-refractivity contribution in [2.75, 3.05) is 31.6 Å². The van der Waals surface area contributed by atoms with Crippen LogP contribution in [0.25, 0.3) is 0 Å². The molecule has 0 unspecified atom stereocenters. The van der Waals surface area contributed by atoms with E-state index in [1.54, 1.807) is 18.2 Å². The van der Waals surface area contributed by atoms with Crippen LogP contribution in [0.15, 0.2) is 29.8 Å². The summed E-state index contributed by atoms with van der Waals surface area (Å²) in [7, 11) is 0. The summed E-state index contributed by atoms with van der Waals surface area (Å²) < 4.78 is 5.33. The van der Waals surface area contributed by atoms with Crippen LogP contribution >= 0.6 is 0 Å². The van der Waals surface area contributed by atoms with Crippen molar-refractivity contribution in [3.63, 3.8) is 0 Å². The summed E-state index contributed by atoms with van der Waals surface area (Å²) in [6, 6.07) is 5.11. The van der Waals surface area contributed by atoms with Crippen molar-refractivity contribution in [1.82, 2.24) is 5.32 Å². The first-order chi connectivity index (χ1) is 10.2. The van der Waals surface area contributed by atoms with E-state index < -0.39 is 4.92 Å². The zero-order valence-electron chi connectivity index (χ0n) is 12.2. The van der Waals surface area contributed by atoms with Crippen LogP contribution in [-0.4, -0.2) is 31.2 Å². The highest BCUT2D eigenvalue weighted by atomic mass is 16.6. The van der Waals surface area contributed by atoms with E-state index in [2.05, 4.69) is 16.7 Å². The first kappa shape index (κ1) is 15.3. The fourth-order valence-corrected chi connectivity index (χ4v) is 2.38. The number of anilines is 1. The fraction of sp³-hybridized carbons (Fsp3) is 0.467. The molecular formula is C15H21N3O3. The summed E-state index contributed by atoms with van der Waals surface area (Å²) in [5.41, 5.74) is 1.92. The predicted octanol–water partition coefficient (Wildman–Crippen LogP) is 2.72. The fourth-order valence-electron chi connectivity index (χ4n) is 2.38. The van der Waals surface area contributed by atoms with Crippen LogP contribution in [0.1, 0.15) is 19.8 Å². The molecule has 2 rings (SSSR count). The molecule has 1 aliphatic rings. The molecule has 0 radical (unpaired) electrons. The van der Waals surface area contributed by atoms with Crippen LogP contribution in [0.2, 0.25) is 0 Å². The van der Waals surface area contributed by atoms with E-state index in [4.69, 9.17) is 4.74 Å². The average Bonchev–Trinajstić information content (AvgIpc) is 2.48. The molecule has 6 nitrogen and oxygen atoms in total. The Bertz CT molecular complexity index is 529. The SMILES string of the molecule is CCOc1cccc(NCCC2=CCNCC2)c1[N+](=O)[O-]. The van der Waals surface area contributed by atoms with Crippen molar-refractivity contribution in [3.8, 4) is 5.75 Å². The highest BCUT2D eigenvalue weighted by molar-refractivity contribution is 5.68. The quantitative estimate of drug-likeness (QED) is 0.459. The van der Waals surface area contributed by atoms with Crippen LogP contribution in [0, 0.1) is 10.1 Å². The van der Waals surface area contributed by atoms with Crippen molar-refractivity contribution in [3.05, 3.63) is 40.0 Å². The zero-order valence-corrected chi connectivity index (χ0v) is 12.2. The molecule has 0 bridgehead atoms. The van der Waals surface area contributed by atoms with E-state index in [1.807, 2.05) is 6.92 Å². The molecule has 2 N–H and O–H groups in total. The molecule has 21 heavy (non-hydrogen) atoms. The molecule has 0 aromatic heterocycles. The second-order valence-electron chi connectivity index (χ2n) is 4.84. The Balaban J connectivity index is 2.03. The highest BCUT2D eigenvalue weighted by Gasteiger charge is 2.20. The number of nitrogens with one attached hydrogen (secondary N) is 2. The van der Waals surface area contributed by atoms with Gasteiger partial charge in [-0.2, -0.15) is 0 Å². The predicted molar refractivity (Wildman–Crippen MR) is 82.9 cm³/mol.